The molecule has 0 unspecified atom stereocenters. The predicted molar refractivity (Wildman–Crippen MR) is 78.6 cm³/mol. The molecule has 2 aromatic rings. The Morgan fingerprint density at radius 2 is 1.95 bits per heavy atom. The summed E-state index contributed by atoms with van der Waals surface area (Å²) < 4.78 is 25.8. The molecule has 1 heterocycles. The fourth-order valence-corrected chi connectivity index (χ4v) is 3.54. The number of aromatic nitrogens is 1. The second-order valence-corrected chi connectivity index (χ2v) is 6.73. The lowest BCUT2D eigenvalue weighted by Crippen LogP contribution is -2.22. The number of nitrogens with two attached hydrogens (primary N) is 1. The maximum Gasteiger partial charge on any atom is 0.250 e. The van der Waals surface area contributed by atoms with E-state index in [1.165, 1.54) is 28.8 Å². The summed E-state index contributed by atoms with van der Waals surface area (Å²) in [6.07, 6.45) is 1.54. The van der Waals surface area contributed by atoms with Gasteiger partial charge in [-0.3, -0.25) is 4.79 Å². The molecule has 0 bridgehead atoms. The number of nitrogens with zero attached hydrogens (tertiary/aromatic N) is 1. The van der Waals surface area contributed by atoms with Crippen molar-refractivity contribution >= 4 is 27.1 Å². The number of anilines is 1. The number of nitrogen functional groups attached to an aromatic ring is 1. The second kappa shape index (κ2) is 5.68. The highest BCUT2D eigenvalue weighted by molar-refractivity contribution is 7.91. The zero-order valence-electron chi connectivity index (χ0n) is 10.5. The molecule has 0 atom stereocenters. The normalized spacial score (nSPS) is 11.4. The molecule has 0 saturated carbocycles. The molecule has 0 aliphatic heterocycles. The van der Waals surface area contributed by atoms with Crippen LogP contribution in [-0.4, -0.2) is 18.7 Å². The minimum absolute atomic E-state index is 0.0110. The molecule has 0 aliphatic carbocycles. The van der Waals surface area contributed by atoms with Gasteiger partial charge in [-0.1, -0.05) is 17.7 Å². The monoisotopic (exact) mass is 312 g/mol. The van der Waals surface area contributed by atoms with E-state index in [4.69, 9.17) is 17.3 Å². The Balaban J connectivity index is 2.26. The van der Waals surface area contributed by atoms with Crippen molar-refractivity contribution in [3.63, 3.8) is 0 Å². The van der Waals surface area contributed by atoms with E-state index < -0.39 is 9.84 Å². The van der Waals surface area contributed by atoms with Crippen LogP contribution >= 0.6 is 11.6 Å². The molecule has 1 aromatic carbocycles. The summed E-state index contributed by atoms with van der Waals surface area (Å²) in [4.78, 5) is 11.5. The number of halogens is 1. The van der Waals surface area contributed by atoms with Crippen molar-refractivity contribution in [1.29, 1.82) is 0 Å². The first-order valence-corrected chi connectivity index (χ1v) is 7.86. The van der Waals surface area contributed by atoms with E-state index in [9.17, 15) is 13.2 Å². The van der Waals surface area contributed by atoms with Crippen LogP contribution in [-0.2, 0) is 16.4 Å². The summed E-state index contributed by atoms with van der Waals surface area (Å²) in [6, 6.07) is 8.94. The number of hydrogen-bond acceptors (Lipinski definition) is 4. The number of pyridine rings is 1. The first kappa shape index (κ1) is 14.6. The Hall–Kier alpha value is -1.79. The molecule has 0 saturated heterocycles. The molecule has 0 spiro atoms. The third-order valence-electron chi connectivity index (χ3n) is 2.79. The molecule has 0 aliphatic rings. The van der Waals surface area contributed by atoms with Gasteiger partial charge in [0.2, 0.25) is 0 Å². The summed E-state index contributed by atoms with van der Waals surface area (Å²) in [7, 11) is -3.60. The zero-order valence-corrected chi connectivity index (χ0v) is 12.1. The Bertz CT molecular complexity index is 784. The predicted octanol–water partition coefficient (Wildman–Crippen LogP) is 1.56. The van der Waals surface area contributed by atoms with E-state index in [0.717, 1.165) is 0 Å². The number of rotatable bonds is 4. The van der Waals surface area contributed by atoms with E-state index >= 15 is 0 Å². The highest BCUT2D eigenvalue weighted by Crippen LogP contribution is 2.24. The summed E-state index contributed by atoms with van der Waals surface area (Å²) in [6.45, 7) is 0.0626. The smallest absolute Gasteiger partial charge is 0.250 e. The molecule has 0 amide bonds. The Kier molecular flexibility index (Phi) is 4.15. The van der Waals surface area contributed by atoms with Crippen molar-refractivity contribution in [3.8, 4) is 0 Å². The van der Waals surface area contributed by atoms with Gasteiger partial charge >= 0.3 is 0 Å². The third kappa shape index (κ3) is 3.20. The number of hydrogen-bond donors (Lipinski definition) is 1. The number of aryl methyl sites for hydroxylation is 1. The van der Waals surface area contributed by atoms with Crippen LogP contribution in [0.15, 0.2) is 52.3 Å². The van der Waals surface area contributed by atoms with Crippen LogP contribution < -0.4 is 11.3 Å². The van der Waals surface area contributed by atoms with Crippen LogP contribution in [0.3, 0.4) is 0 Å². The van der Waals surface area contributed by atoms with Crippen LogP contribution in [0.4, 0.5) is 5.69 Å². The van der Waals surface area contributed by atoms with Gasteiger partial charge in [0.1, 0.15) is 0 Å². The van der Waals surface area contributed by atoms with Crippen molar-refractivity contribution < 1.29 is 8.42 Å². The molecule has 20 heavy (non-hydrogen) atoms. The highest BCUT2D eigenvalue weighted by Gasteiger charge is 2.18. The molecule has 7 heteroatoms. The molecule has 106 valence electrons. The van der Waals surface area contributed by atoms with Crippen LogP contribution in [0.1, 0.15) is 0 Å². The highest BCUT2D eigenvalue weighted by atomic mass is 35.5. The summed E-state index contributed by atoms with van der Waals surface area (Å²) in [5.74, 6) is -0.222. The third-order valence-corrected chi connectivity index (χ3v) is 4.96. The lowest BCUT2D eigenvalue weighted by Gasteiger charge is -2.09. The molecular weight excluding hydrogens is 300 g/mol. The Morgan fingerprint density at radius 1 is 1.20 bits per heavy atom. The van der Waals surface area contributed by atoms with Gasteiger partial charge in [-0.15, -0.1) is 0 Å². The van der Waals surface area contributed by atoms with Crippen LogP contribution in [0.25, 0.3) is 0 Å². The molecule has 0 radical (unpaired) electrons. The van der Waals surface area contributed by atoms with Crippen molar-refractivity contribution in [2.75, 3.05) is 11.5 Å². The van der Waals surface area contributed by atoms with E-state index in [1.807, 2.05) is 0 Å². The molecular formula is C13H13ClN2O3S. The SMILES string of the molecule is Nc1ccc(Cl)c(S(=O)(=O)CCn2ccccc2=O)c1. The average molecular weight is 313 g/mol. The van der Waals surface area contributed by atoms with E-state index in [0.29, 0.717) is 5.69 Å². The minimum atomic E-state index is -3.60. The molecule has 5 nitrogen and oxygen atoms in total. The topological polar surface area (TPSA) is 82.2 Å². The molecule has 0 fully saturated rings. The van der Waals surface area contributed by atoms with Gasteiger partial charge in [-0.05, 0) is 24.3 Å². The minimum Gasteiger partial charge on any atom is -0.399 e. The number of benzene rings is 1. The molecule has 2 N–H and O–H groups in total. The van der Waals surface area contributed by atoms with Crippen LogP contribution in [0.2, 0.25) is 5.02 Å². The molecule has 2 rings (SSSR count). The van der Waals surface area contributed by atoms with Crippen LogP contribution in [0, 0.1) is 0 Å². The van der Waals surface area contributed by atoms with E-state index in [-0.39, 0.29) is 27.8 Å². The number of sulfone groups is 1. The first-order valence-electron chi connectivity index (χ1n) is 5.83. The second-order valence-electron chi connectivity index (χ2n) is 4.24. The van der Waals surface area contributed by atoms with Crippen molar-refractivity contribution in [3.05, 3.63) is 58.0 Å². The van der Waals surface area contributed by atoms with Crippen LogP contribution in [0.5, 0.6) is 0 Å². The summed E-state index contributed by atoms with van der Waals surface area (Å²) in [5.41, 5.74) is 5.65. The summed E-state index contributed by atoms with van der Waals surface area (Å²) in [5, 5.41) is 0.125. The van der Waals surface area contributed by atoms with Gasteiger partial charge in [0, 0.05) is 24.5 Å². The maximum absolute atomic E-state index is 12.2. The van der Waals surface area contributed by atoms with E-state index in [2.05, 4.69) is 0 Å². The fraction of sp³-hybridized carbons (Fsp3) is 0.154. The standard InChI is InChI=1S/C13H13ClN2O3S/c14-11-5-4-10(15)9-12(11)20(18,19)8-7-16-6-2-1-3-13(16)17/h1-6,9H,7-8,15H2. The van der Waals surface area contributed by atoms with Gasteiger partial charge in [-0.2, -0.15) is 0 Å². The van der Waals surface area contributed by atoms with Gasteiger partial charge in [-0.25, -0.2) is 8.42 Å². The largest absolute Gasteiger partial charge is 0.399 e. The fourth-order valence-electron chi connectivity index (χ4n) is 1.73. The maximum atomic E-state index is 12.2. The van der Waals surface area contributed by atoms with Gasteiger partial charge < -0.3 is 10.3 Å². The quantitative estimate of drug-likeness (QED) is 0.869. The van der Waals surface area contributed by atoms with Gasteiger partial charge in [0.25, 0.3) is 5.56 Å². The van der Waals surface area contributed by atoms with Crippen molar-refractivity contribution in [2.24, 2.45) is 0 Å². The summed E-state index contributed by atoms with van der Waals surface area (Å²) >= 11 is 5.89. The zero-order chi connectivity index (χ0) is 14.8. The Labute approximate surface area is 121 Å². The lowest BCUT2D eigenvalue weighted by molar-refractivity contribution is 0.587. The van der Waals surface area contributed by atoms with Crippen molar-refractivity contribution in [2.45, 2.75) is 11.4 Å². The lowest BCUT2D eigenvalue weighted by atomic mass is 10.3. The average Bonchev–Trinajstić information content (AvgIpc) is 2.40. The molecule has 1 aromatic heterocycles. The van der Waals surface area contributed by atoms with E-state index in [1.54, 1.807) is 18.3 Å². The first-order chi connectivity index (χ1) is 9.40. The Morgan fingerprint density at radius 3 is 2.65 bits per heavy atom. The van der Waals surface area contributed by atoms with Gasteiger partial charge in [0.15, 0.2) is 9.84 Å². The van der Waals surface area contributed by atoms with Gasteiger partial charge in [0.05, 0.1) is 15.7 Å². The van der Waals surface area contributed by atoms with Crippen molar-refractivity contribution in [1.82, 2.24) is 4.57 Å².